The van der Waals surface area contributed by atoms with Crippen LogP contribution in [0, 0.1) is 5.92 Å². The molecule has 0 saturated carbocycles. The van der Waals surface area contributed by atoms with E-state index in [9.17, 15) is 0 Å². The Morgan fingerprint density at radius 1 is 0.513 bits per heavy atom. The second-order valence-electron chi connectivity index (χ2n) is 9.94. The SMILES string of the molecule is CCCCCCCCC(CCCSO)C(OC)(OC)OC.CCCCCCCCC(OC)C(OC)(OC)OC. The van der Waals surface area contributed by atoms with E-state index in [1.165, 1.54) is 70.6 Å². The van der Waals surface area contributed by atoms with Crippen molar-refractivity contribution in [3.8, 4) is 0 Å². The van der Waals surface area contributed by atoms with Gasteiger partial charge in [-0.2, -0.15) is 0 Å². The fourth-order valence-electron chi connectivity index (χ4n) is 5.01. The molecule has 238 valence electrons. The summed E-state index contributed by atoms with van der Waals surface area (Å²) in [6.07, 6.45) is 18.7. The van der Waals surface area contributed by atoms with E-state index in [0.717, 1.165) is 49.9 Å². The van der Waals surface area contributed by atoms with Crippen LogP contribution < -0.4 is 0 Å². The molecule has 1 N–H and O–H groups in total. The molecular formula is C30H64O8S. The Morgan fingerprint density at radius 3 is 1.28 bits per heavy atom. The van der Waals surface area contributed by atoms with Crippen molar-refractivity contribution in [1.82, 2.24) is 0 Å². The number of methoxy groups -OCH3 is 7. The van der Waals surface area contributed by atoms with E-state index >= 15 is 0 Å². The van der Waals surface area contributed by atoms with Crippen LogP contribution in [0.5, 0.6) is 0 Å². The second kappa shape index (κ2) is 28.2. The van der Waals surface area contributed by atoms with Gasteiger partial charge in [-0.05, 0) is 37.7 Å². The molecule has 0 aliphatic carbocycles. The Morgan fingerprint density at radius 2 is 0.897 bits per heavy atom. The Kier molecular flexibility index (Phi) is 29.7. The molecule has 0 aliphatic heterocycles. The standard InChI is InChI=1S/C16H34O4S.C14H30O4/c1-5-6-7-8-9-10-12-15(13-11-14-21-17)16(18-2,19-3)20-4;1-6-7-8-9-10-11-12-13(15-2)14(16-3,17-4)18-5/h15,17H,5-14H2,1-4H3;13H,6-12H2,1-5H3. The van der Waals surface area contributed by atoms with E-state index in [1.807, 2.05) is 0 Å². The molecule has 0 radical (unpaired) electrons. The molecule has 0 fully saturated rings. The fourth-order valence-corrected chi connectivity index (χ4v) is 5.30. The van der Waals surface area contributed by atoms with Gasteiger partial charge in [0.2, 0.25) is 0 Å². The van der Waals surface area contributed by atoms with Crippen molar-refractivity contribution in [3.05, 3.63) is 0 Å². The number of rotatable bonds is 27. The van der Waals surface area contributed by atoms with Crippen LogP contribution in [0.15, 0.2) is 0 Å². The summed E-state index contributed by atoms with van der Waals surface area (Å²) in [5.41, 5.74) is 0. The van der Waals surface area contributed by atoms with Crippen LogP contribution in [0.25, 0.3) is 0 Å². The quantitative estimate of drug-likeness (QED) is 0.0582. The van der Waals surface area contributed by atoms with Gasteiger partial charge in [0, 0.05) is 61.4 Å². The first-order valence-corrected chi connectivity index (χ1v) is 15.9. The summed E-state index contributed by atoms with van der Waals surface area (Å²) < 4.78 is 46.8. The molecule has 0 bridgehead atoms. The molecule has 39 heavy (non-hydrogen) atoms. The van der Waals surface area contributed by atoms with Gasteiger partial charge in [0.25, 0.3) is 5.97 Å². The van der Waals surface area contributed by atoms with Crippen LogP contribution in [0.4, 0.5) is 0 Å². The third-order valence-electron chi connectivity index (χ3n) is 7.40. The van der Waals surface area contributed by atoms with Gasteiger partial charge in [-0.15, -0.1) is 0 Å². The number of ether oxygens (including phenoxy) is 7. The molecule has 0 heterocycles. The summed E-state index contributed by atoms with van der Waals surface area (Å²) in [4.78, 5) is 0. The molecule has 0 spiro atoms. The van der Waals surface area contributed by atoms with Crippen LogP contribution in [0.2, 0.25) is 0 Å². The van der Waals surface area contributed by atoms with Gasteiger partial charge >= 0.3 is 5.97 Å². The smallest absolute Gasteiger partial charge is 0.310 e. The average Bonchev–Trinajstić information content (AvgIpc) is 2.97. The average molecular weight is 585 g/mol. The van der Waals surface area contributed by atoms with Crippen molar-refractivity contribution in [2.45, 2.75) is 135 Å². The maximum Gasteiger partial charge on any atom is 0.310 e. The molecule has 0 rings (SSSR count). The van der Waals surface area contributed by atoms with Crippen LogP contribution in [0.3, 0.4) is 0 Å². The van der Waals surface area contributed by atoms with Gasteiger partial charge in [0.15, 0.2) is 0 Å². The molecule has 0 aromatic heterocycles. The van der Waals surface area contributed by atoms with Gasteiger partial charge in [-0.1, -0.05) is 90.9 Å². The van der Waals surface area contributed by atoms with Crippen LogP contribution in [0.1, 0.15) is 117 Å². The van der Waals surface area contributed by atoms with Gasteiger partial charge < -0.3 is 37.7 Å². The molecule has 9 heteroatoms. The van der Waals surface area contributed by atoms with Crippen molar-refractivity contribution < 1.29 is 37.7 Å². The first-order valence-electron chi connectivity index (χ1n) is 15.0. The van der Waals surface area contributed by atoms with Gasteiger partial charge in [0.05, 0.1) is 0 Å². The van der Waals surface area contributed by atoms with E-state index in [-0.39, 0.29) is 12.0 Å². The third-order valence-corrected chi connectivity index (χ3v) is 7.87. The summed E-state index contributed by atoms with van der Waals surface area (Å²) >= 11 is 0.892. The Balaban J connectivity index is 0. The molecular weight excluding hydrogens is 520 g/mol. The highest BCUT2D eigenvalue weighted by molar-refractivity contribution is 7.93. The number of hydrogen-bond donors (Lipinski definition) is 1. The van der Waals surface area contributed by atoms with Crippen molar-refractivity contribution in [1.29, 1.82) is 0 Å². The lowest BCUT2D eigenvalue weighted by Gasteiger charge is -2.36. The first-order chi connectivity index (χ1) is 18.9. The second-order valence-corrected chi connectivity index (χ2v) is 10.6. The van der Waals surface area contributed by atoms with E-state index in [4.69, 9.17) is 37.7 Å². The largest absolute Gasteiger partial charge is 0.373 e. The van der Waals surface area contributed by atoms with Crippen molar-refractivity contribution in [2.75, 3.05) is 55.5 Å². The highest BCUT2D eigenvalue weighted by atomic mass is 32.2. The topological polar surface area (TPSA) is 84.8 Å². The molecule has 0 amide bonds. The van der Waals surface area contributed by atoms with Gasteiger partial charge in [-0.25, -0.2) is 0 Å². The lowest BCUT2D eigenvalue weighted by molar-refractivity contribution is -0.392. The van der Waals surface area contributed by atoms with Gasteiger partial charge in [0.1, 0.15) is 6.10 Å². The third kappa shape index (κ3) is 17.6. The van der Waals surface area contributed by atoms with Crippen LogP contribution in [-0.2, 0) is 33.2 Å². The van der Waals surface area contributed by atoms with Crippen molar-refractivity contribution in [3.63, 3.8) is 0 Å². The zero-order valence-corrected chi connectivity index (χ0v) is 27.7. The van der Waals surface area contributed by atoms with Crippen LogP contribution in [-0.4, -0.2) is 78.1 Å². The minimum atomic E-state index is -1.09. The molecule has 0 saturated heterocycles. The Hall–Kier alpha value is 0.0300. The fraction of sp³-hybridized carbons (Fsp3) is 1.00. The van der Waals surface area contributed by atoms with Crippen molar-refractivity contribution in [2.24, 2.45) is 5.92 Å². The number of hydrogen-bond acceptors (Lipinski definition) is 9. The summed E-state index contributed by atoms with van der Waals surface area (Å²) in [7, 11) is 11.3. The van der Waals surface area contributed by atoms with Crippen molar-refractivity contribution >= 4 is 12.0 Å². The summed E-state index contributed by atoms with van der Waals surface area (Å²) in [6, 6.07) is 0. The summed E-state index contributed by atoms with van der Waals surface area (Å²) in [6.45, 7) is 4.46. The maximum atomic E-state index is 8.87. The van der Waals surface area contributed by atoms with Gasteiger partial charge in [-0.3, -0.25) is 0 Å². The summed E-state index contributed by atoms with van der Waals surface area (Å²) in [5, 5.41) is 0. The molecule has 8 nitrogen and oxygen atoms in total. The van der Waals surface area contributed by atoms with E-state index in [1.54, 1.807) is 49.8 Å². The zero-order chi connectivity index (χ0) is 29.8. The molecule has 0 aromatic rings. The first kappa shape index (κ1) is 41.2. The predicted molar refractivity (Wildman–Crippen MR) is 162 cm³/mol. The zero-order valence-electron chi connectivity index (χ0n) is 26.9. The maximum absolute atomic E-state index is 8.87. The predicted octanol–water partition coefficient (Wildman–Crippen LogP) is 8.28. The van der Waals surface area contributed by atoms with E-state index in [0.29, 0.717) is 0 Å². The minimum absolute atomic E-state index is 0.191. The molecule has 2 unspecified atom stereocenters. The lowest BCUT2D eigenvalue weighted by Crippen LogP contribution is -2.48. The highest BCUT2D eigenvalue weighted by Crippen LogP contribution is 2.32. The Bertz CT molecular complexity index is 473. The monoisotopic (exact) mass is 584 g/mol. The normalized spacial score (nSPS) is 13.7. The van der Waals surface area contributed by atoms with E-state index in [2.05, 4.69) is 13.8 Å². The Labute approximate surface area is 245 Å². The molecule has 2 atom stereocenters. The summed E-state index contributed by atoms with van der Waals surface area (Å²) in [5.74, 6) is -1.11. The van der Waals surface area contributed by atoms with Crippen LogP contribution >= 0.6 is 12.0 Å². The number of unbranched alkanes of at least 4 members (excludes halogenated alkanes) is 10. The van der Waals surface area contributed by atoms with E-state index < -0.39 is 11.9 Å². The minimum Gasteiger partial charge on any atom is -0.373 e. The molecule has 0 aromatic carbocycles. The lowest BCUT2D eigenvalue weighted by atomic mass is 9.93. The molecule has 0 aliphatic rings. The highest BCUT2D eigenvalue weighted by Gasteiger charge is 2.40.